The molecule has 0 saturated carbocycles. The van der Waals surface area contributed by atoms with Crippen LogP contribution in [0.3, 0.4) is 0 Å². The molecule has 0 amide bonds. The molecule has 0 aromatic carbocycles. The summed E-state index contributed by atoms with van der Waals surface area (Å²) in [6.07, 6.45) is 9.75. The third-order valence-electron chi connectivity index (χ3n) is 2.91. The van der Waals surface area contributed by atoms with Gasteiger partial charge in [-0.2, -0.15) is 0 Å². The van der Waals surface area contributed by atoms with Crippen LogP contribution in [0.25, 0.3) is 6.08 Å². The van der Waals surface area contributed by atoms with Gasteiger partial charge in [-0.3, -0.25) is 0 Å². The van der Waals surface area contributed by atoms with Crippen molar-refractivity contribution in [2.45, 2.75) is 52.4 Å². The summed E-state index contributed by atoms with van der Waals surface area (Å²) in [5, 5.41) is 8.57. The molecule has 0 aliphatic heterocycles. The highest BCUT2D eigenvalue weighted by atomic mass is 16.4. The van der Waals surface area contributed by atoms with Crippen LogP contribution in [-0.2, 0) is 11.2 Å². The molecule has 100 valence electrons. The first-order chi connectivity index (χ1) is 8.63. The maximum absolute atomic E-state index is 10.4. The molecule has 18 heavy (non-hydrogen) atoms. The fraction of sp³-hybridized carbons (Fsp3) is 0.533. The zero-order valence-corrected chi connectivity index (χ0v) is 11.2. The van der Waals surface area contributed by atoms with E-state index in [0.717, 1.165) is 30.2 Å². The predicted molar refractivity (Wildman–Crippen MR) is 72.6 cm³/mol. The van der Waals surface area contributed by atoms with Crippen molar-refractivity contribution in [1.29, 1.82) is 0 Å². The Morgan fingerprint density at radius 1 is 1.33 bits per heavy atom. The van der Waals surface area contributed by atoms with E-state index >= 15 is 0 Å². The molecule has 3 nitrogen and oxygen atoms in total. The van der Waals surface area contributed by atoms with Gasteiger partial charge in [-0.15, -0.1) is 0 Å². The molecule has 0 unspecified atom stereocenters. The minimum atomic E-state index is -0.952. The molecule has 1 aromatic heterocycles. The van der Waals surface area contributed by atoms with Crippen molar-refractivity contribution >= 4 is 12.0 Å². The van der Waals surface area contributed by atoms with Crippen LogP contribution in [0.2, 0.25) is 0 Å². The molecule has 1 rings (SSSR count). The summed E-state index contributed by atoms with van der Waals surface area (Å²) in [5.74, 6) is 0.655. The molecule has 3 heteroatoms. The van der Waals surface area contributed by atoms with Crippen molar-refractivity contribution in [3.63, 3.8) is 0 Å². The lowest BCUT2D eigenvalue weighted by atomic mass is 10.1. The van der Waals surface area contributed by atoms with Gasteiger partial charge in [-0.25, -0.2) is 4.79 Å². The largest absolute Gasteiger partial charge is 0.478 e. The van der Waals surface area contributed by atoms with Crippen LogP contribution in [-0.4, -0.2) is 11.1 Å². The second-order valence-electron chi connectivity index (χ2n) is 4.60. The highest BCUT2D eigenvalue weighted by molar-refractivity contribution is 5.84. The summed E-state index contributed by atoms with van der Waals surface area (Å²) < 4.78 is 5.62. The second kappa shape index (κ2) is 7.75. The number of hydrogen-bond donors (Lipinski definition) is 1. The first-order valence-corrected chi connectivity index (χ1v) is 6.63. The molecule has 0 radical (unpaired) electrons. The monoisotopic (exact) mass is 250 g/mol. The summed E-state index contributed by atoms with van der Waals surface area (Å²) in [5.41, 5.74) is 0.996. The highest BCUT2D eigenvalue weighted by Crippen LogP contribution is 2.18. The summed E-state index contributed by atoms with van der Waals surface area (Å²) in [6.45, 7) is 4.14. The first kappa shape index (κ1) is 14.6. The Kier molecular flexibility index (Phi) is 6.26. The van der Waals surface area contributed by atoms with E-state index in [4.69, 9.17) is 9.52 Å². The van der Waals surface area contributed by atoms with E-state index in [1.54, 1.807) is 0 Å². The van der Waals surface area contributed by atoms with E-state index in [1.807, 2.05) is 13.0 Å². The molecular formula is C15H22O3. The van der Waals surface area contributed by atoms with E-state index in [2.05, 4.69) is 6.92 Å². The number of carboxylic acid groups (broad SMARTS) is 1. The maximum atomic E-state index is 10.4. The molecule has 0 bridgehead atoms. The molecule has 0 atom stereocenters. The summed E-state index contributed by atoms with van der Waals surface area (Å²) in [4.78, 5) is 10.4. The van der Waals surface area contributed by atoms with Crippen molar-refractivity contribution in [2.24, 2.45) is 0 Å². The molecule has 0 aliphatic rings. The molecule has 0 spiro atoms. The zero-order chi connectivity index (χ0) is 13.4. The van der Waals surface area contributed by atoms with Gasteiger partial charge in [0.05, 0.1) is 0 Å². The van der Waals surface area contributed by atoms with Gasteiger partial charge in [0.25, 0.3) is 0 Å². The van der Waals surface area contributed by atoms with Crippen LogP contribution in [0.4, 0.5) is 0 Å². The fourth-order valence-corrected chi connectivity index (χ4v) is 1.90. The molecule has 0 saturated heterocycles. The Morgan fingerprint density at radius 2 is 2.06 bits per heavy atom. The minimum Gasteiger partial charge on any atom is -0.478 e. The fourth-order valence-electron chi connectivity index (χ4n) is 1.90. The van der Waals surface area contributed by atoms with E-state index in [1.165, 1.54) is 31.8 Å². The third-order valence-corrected chi connectivity index (χ3v) is 2.91. The average molecular weight is 250 g/mol. The van der Waals surface area contributed by atoms with E-state index in [-0.39, 0.29) is 0 Å². The number of rotatable bonds is 8. The minimum absolute atomic E-state index is 0.654. The number of aliphatic carboxylic acids is 1. The number of hydrogen-bond acceptors (Lipinski definition) is 2. The van der Waals surface area contributed by atoms with Crippen LogP contribution in [0.15, 0.2) is 16.6 Å². The van der Waals surface area contributed by atoms with Crippen LogP contribution in [0, 0.1) is 6.92 Å². The third kappa shape index (κ3) is 5.21. The molecule has 0 fully saturated rings. The smallest absolute Gasteiger partial charge is 0.328 e. The Labute approximate surface area is 109 Å². The van der Waals surface area contributed by atoms with Crippen molar-refractivity contribution in [3.05, 3.63) is 29.2 Å². The molecule has 1 N–H and O–H groups in total. The van der Waals surface area contributed by atoms with Crippen molar-refractivity contribution in [2.75, 3.05) is 0 Å². The molecule has 1 heterocycles. The van der Waals surface area contributed by atoms with Gasteiger partial charge in [0.1, 0.15) is 11.5 Å². The Hall–Kier alpha value is -1.51. The van der Waals surface area contributed by atoms with Crippen LogP contribution < -0.4 is 0 Å². The van der Waals surface area contributed by atoms with Crippen molar-refractivity contribution in [1.82, 2.24) is 0 Å². The maximum Gasteiger partial charge on any atom is 0.328 e. The van der Waals surface area contributed by atoms with Gasteiger partial charge < -0.3 is 9.52 Å². The number of furan rings is 1. The van der Waals surface area contributed by atoms with Crippen molar-refractivity contribution < 1.29 is 14.3 Å². The van der Waals surface area contributed by atoms with E-state index in [9.17, 15) is 4.79 Å². The van der Waals surface area contributed by atoms with Gasteiger partial charge >= 0.3 is 5.97 Å². The zero-order valence-electron chi connectivity index (χ0n) is 11.2. The first-order valence-electron chi connectivity index (χ1n) is 6.63. The lowest BCUT2D eigenvalue weighted by molar-refractivity contribution is -0.131. The molecular weight excluding hydrogens is 228 g/mol. The van der Waals surface area contributed by atoms with Gasteiger partial charge in [0, 0.05) is 12.5 Å². The summed E-state index contributed by atoms with van der Waals surface area (Å²) in [7, 11) is 0. The Balaban J connectivity index is 2.43. The average Bonchev–Trinajstić information content (AvgIpc) is 2.67. The molecule has 0 aliphatic carbocycles. The lowest BCUT2D eigenvalue weighted by Gasteiger charge is -1.97. The number of carboxylic acids is 1. The van der Waals surface area contributed by atoms with Gasteiger partial charge in [0.2, 0.25) is 0 Å². The van der Waals surface area contributed by atoms with Gasteiger partial charge in [0.15, 0.2) is 0 Å². The summed E-state index contributed by atoms with van der Waals surface area (Å²) in [6, 6.07) is 2.00. The second-order valence-corrected chi connectivity index (χ2v) is 4.60. The van der Waals surface area contributed by atoms with Crippen LogP contribution in [0.5, 0.6) is 0 Å². The Morgan fingerprint density at radius 3 is 2.72 bits per heavy atom. The van der Waals surface area contributed by atoms with Crippen molar-refractivity contribution in [3.8, 4) is 0 Å². The van der Waals surface area contributed by atoms with Gasteiger partial charge in [-0.1, -0.05) is 32.6 Å². The SMILES string of the molecule is CCCCCCCc1cc(C)c(C=CC(=O)O)o1. The summed E-state index contributed by atoms with van der Waals surface area (Å²) >= 11 is 0. The van der Waals surface area contributed by atoms with Crippen LogP contribution >= 0.6 is 0 Å². The predicted octanol–water partition coefficient (Wildman–Crippen LogP) is 4.20. The standard InChI is InChI=1S/C15H22O3/c1-3-4-5-6-7-8-13-11-12(2)14(18-13)9-10-15(16)17/h9-11H,3-8H2,1-2H3,(H,16,17). The Bertz CT molecular complexity index is 402. The highest BCUT2D eigenvalue weighted by Gasteiger charge is 2.05. The quantitative estimate of drug-likeness (QED) is 0.555. The lowest BCUT2D eigenvalue weighted by Crippen LogP contribution is -1.85. The molecule has 1 aromatic rings. The van der Waals surface area contributed by atoms with E-state index in [0.29, 0.717) is 5.76 Å². The van der Waals surface area contributed by atoms with E-state index < -0.39 is 5.97 Å². The normalized spacial score (nSPS) is 11.2. The van der Waals surface area contributed by atoms with Gasteiger partial charge in [-0.05, 0) is 31.1 Å². The number of aryl methyl sites for hydroxylation is 2. The number of unbranched alkanes of at least 4 members (excludes halogenated alkanes) is 4. The van der Waals surface area contributed by atoms with Crippen LogP contribution in [0.1, 0.15) is 56.1 Å². The number of carbonyl (C=O) groups is 1. The topological polar surface area (TPSA) is 50.4 Å².